The molecule has 1 saturated carbocycles. The number of benzene rings is 4. The molecule has 212 valence electrons. The largest absolute Gasteiger partial charge is 0.490 e. The van der Waals surface area contributed by atoms with Gasteiger partial charge in [-0.25, -0.2) is 0 Å². The van der Waals surface area contributed by atoms with Gasteiger partial charge >= 0.3 is 6.15 Å². The van der Waals surface area contributed by atoms with Crippen LogP contribution in [0, 0.1) is 13.8 Å². The van der Waals surface area contributed by atoms with Gasteiger partial charge < -0.3 is 14.6 Å². The van der Waals surface area contributed by atoms with Gasteiger partial charge in [0, 0.05) is 28.7 Å². The van der Waals surface area contributed by atoms with E-state index in [-0.39, 0.29) is 18.1 Å². The molecule has 1 N–H and O–H groups in total. The molecule has 0 spiro atoms. The lowest BCUT2D eigenvalue weighted by molar-refractivity contribution is -0.191. The Morgan fingerprint density at radius 3 is 2.29 bits per heavy atom. The third kappa shape index (κ3) is 6.51. The maximum absolute atomic E-state index is 13.2. The maximum Gasteiger partial charge on any atom is 0.373 e. The Kier molecular flexibility index (Phi) is 8.66. The van der Waals surface area contributed by atoms with Gasteiger partial charge in [0.25, 0.3) is 5.91 Å². The number of aromatic nitrogens is 1. The Hall–Kier alpha value is -4.93. The Morgan fingerprint density at radius 1 is 0.905 bits per heavy atom. The summed E-state index contributed by atoms with van der Waals surface area (Å²) in [5, 5.41) is 4.29. The van der Waals surface area contributed by atoms with E-state index >= 15 is 0 Å². The van der Waals surface area contributed by atoms with Crippen LogP contribution in [0.15, 0.2) is 97.1 Å². The van der Waals surface area contributed by atoms with Gasteiger partial charge in [-0.3, -0.25) is 4.79 Å². The summed E-state index contributed by atoms with van der Waals surface area (Å²) < 4.78 is 8.28. The number of rotatable bonds is 8. The molecule has 0 saturated heterocycles. The van der Waals surface area contributed by atoms with E-state index in [0.29, 0.717) is 11.7 Å². The van der Waals surface area contributed by atoms with E-state index in [0.717, 1.165) is 41.6 Å². The zero-order valence-corrected chi connectivity index (χ0v) is 24.1. The summed E-state index contributed by atoms with van der Waals surface area (Å²) in [5.74, 6) is 0.805. The van der Waals surface area contributed by atoms with E-state index in [1.165, 1.54) is 27.9 Å². The van der Waals surface area contributed by atoms with Crippen molar-refractivity contribution in [2.24, 2.45) is 0 Å². The fourth-order valence-electron chi connectivity index (χ4n) is 5.21. The minimum atomic E-state index is -0.123. The molecule has 1 amide bonds. The molecule has 1 atom stereocenters. The maximum atomic E-state index is 13.2. The normalized spacial score (nSPS) is 13.0. The van der Waals surface area contributed by atoms with E-state index in [4.69, 9.17) is 14.3 Å². The number of nitrogens with one attached hydrogen (secondary N) is 1. The van der Waals surface area contributed by atoms with Crippen molar-refractivity contribution in [3.63, 3.8) is 0 Å². The molecule has 0 bridgehead atoms. The standard InChI is InChI=1S/C35H34N2O2.CO2/c1-23-25(3)37(22-26-12-14-28(15-13-26)27-8-5-4-6-9-27)34-19-16-30(21-33(23)34)35(38)36-24(2)29-10-7-11-32(20-29)39-31-17-18-31;2-1-3/h4-16,19-21,24,31H,17-18,22H2,1-3H3,(H,36,38);/t24-;/m0./s1. The smallest absolute Gasteiger partial charge is 0.373 e. The molecule has 42 heavy (non-hydrogen) atoms. The summed E-state index contributed by atoms with van der Waals surface area (Å²) in [7, 11) is 0. The fraction of sp³-hybridized carbons (Fsp3) is 0.222. The molecule has 1 aliphatic rings. The molecule has 4 aromatic carbocycles. The third-order valence-corrected chi connectivity index (χ3v) is 7.84. The van der Waals surface area contributed by atoms with E-state index in [1.54, 1.807) is 0 Å². The van der Waals surface area contributed by atoms with Crippen molar-refractivity contribution in [1.82, 2.24) is 9.88 Å². The minimum absolute atomic E-state index is 0.0702. The second-order valence-corrected chi connectivity index (χ2v) is 10.8. The van der Waals surface area contributed by atoms with E-state index in [1.807, 2.05) is 49.4 Å². The molecule has 0 unspecified atom stereocenters. The van der Waals surface area contributed by atoms with Crippen LogP contribution in [-0.4, -0.2) is 22.7 Å². The lowest BCUT2D eigenvalue weighted by atomic mass is 10.0. The Morgan fingerprint density at radius 2 is 1.60 bits per heavy atom. The van der Waals surface area contributed by atoms with Gasteiger partial charge in [-0.15, -0.1) is 0 Å². The lowest BCUT2D eigenvalue weighted by Crippen LogP contribution is -2.26. The first-order valence-corrected chi connectivity index (χ1v) is 14.2. The lowest BCUT2D eigenvalue weighted by Gasteiger charge is -2.16. The topological polar surface area (TPSA) is 77.4 Å². The van der Waals surface area contributed by atoms with Gasteiger partial charge in [0.1, 0.15) is 5.75 Å². The number of hydrogen-bond acceptors (Lipinski definition) is 4. The van der Waals surface area contributed by atoms with Gasteiger partial charge in [0.05, 0.1) is 12.1 Å². The predicted molar refractivity (Wildman–Crippen MR) is 163 cm³/mol. The van der Waals surface area contributed by atoms with Crippen molar-refractivity contribution < 1.29 is 19.1 Å². The minimum Gasteiger partial charge on any atom is -0.490 e. The molecular weight excluding hydrogens is 524 g/mol. The molecule has 1 fully saturated rings. The molecule has 1 heterocycles. The van der Waals surface area contributed by atoms with Crippen LogP contribution in [0.25, 0.3) is 22.0 Å². The molecule has 0 aliphatic heterocycles. The second kappa shape index (κ2) is 12.7. The SMILES string of the molecule is Cc1c(C)n(Cc2ccc(-c3ccccc3)cc2)c2ccc(C(=O)N[C@@H](C)c3cccc(OC4CC4)c3)cc12.O=C=O. The first-order valence-electron chi connectivity index (χ1n) is 14.2. The molecule has 1 aliphatic carbocycles. The summed E-state index contributed by atoms with van der Waals surface area (Å²) >= 11 is 0. The van der Waals surface area contributed by atoms with Gasteiger partial charge in [-0.1, -0.05) is 66.7 Å². The van der Waals surface area contributed by atoms with Crippen LogP contribution in [0.1, 0.15) is 58.5 Å². The summed E-state index contributed by atoms with van der Waals surface area (Å²) in [4.78, 5) is 29.5. The Bertz CT molecular complexity index is 1730. The third-order valence-electron chi connectivity index (χ3n) is 7.84. The van der Waals surface area contributed by atoms with Crippen molar-refractivity contribution in [3.8, 4) is 16.9 Å². The van der Waals surface area contributed by atoms with Gasteiger partial charge in [-0.2, -0.15) is 9.59 Å². The summed E-state index contributed by atoms with van der Waals surface area (Å²) in [6, 6.07) is 33.2. The predicted octanol–water partition coefficient (Wildman–Crippen LogP) is 7.42. The Labute approximate surface area is 246 Å². The first kappa shape index (κ1) is 28.6. The quantitative estimate of drug-likeness (QED) is 0.215. The molecule has 5 aromatic rings. The summed E-state index contributed by atoms with van der Waals surface area (Å²) in [6.07, 6.45) is 2.85. The number of carbonyl (C=O) groups is 1. The highest BCUT2D eigenvalue weighted by Gasteiger charge is 2.24. The first-order chi connectivity index (χ1) is 20.4. The average molecular weight is 559 g/mol. The van der Waals surface area contributed by atoms with Crippen LogP contribution < -0.4 is 10.1 Å². The van der Waals surface area contributed by atoms with Crippen LogP contribution in [0.4, 0.5) is 0 Å². The number of hydrogen-bond donors (Lipinski definition) is 1. The zero-order valence-electron chi connectivity index (χ0n) is 24.1. The van der Waals surface area contributed by atoms with E-state index < -0.39 is 0 Å². The number of nitrogens with zero attached hydrogens (tertiary/aromatic N) is 1. The molecule has 6 heteroatoms. The van der Waals surface area contributed by atoms with Crippen LogP contribution in [0.3, 0.4) is 0 Å². The summed E-state index contributed by atoms with van der Waals surface area (Å²) in [5.41, 5.74) is 8.98. The van der Waals surface area contributed by atoms with Crippen molar-refractivity contribution in [1.29, 1.82) is 0 Å². The molecule has 0 radical (unpaired) electrons. The zero-order chi connectivity index (χ0) is 29.6. The second-order valence-electron chi connectivity index (χ2n) is 10.8. The van der Waals surface area contributed by atoms with Crippen molar-refractivity contribution in [3.05, 3.63) is 125 Å². The van der Waals surface area contributed by atoms with Crippen LogP contribution >= 0.6 is 0 Å². The number of carbonyl (C=O) groups excluding carboxylic acids is 3. The molecule has 6 nitrogen and oxygen atoms in total. The molecule has 1 aromatic heterocycles. The number of amides is 1. The van der Waals surface area contributed by atoms with Gasteiger partial charge in [0.2, 0.25) is 0 Å². The Balaban J connectivity index is 0.00000113. The van der Waals surface area contributed by atoms with Crippen molar-refractivity contribution in [2.75, 3.05) is 0 Å². The number of aryl methyl sites for hydroxylation is 1. The van der Waals surface area contributed by atoms with Gasteiger partial charge in [0.15, 0.2) is 0 Å². The van der Waals surface area contributed by atoms with Gasteiger partial charge in [-0.05, 0) is 91.8 Å². The summed E-state index contributed by atoms with van der Waals surface area (Å²) in [6.45, 7) is 7.10. The monoisotopic (exact) mass is 558 g/mol. The van der Waals surface area contributed by atoms with Crippen LogP contribution in [-0.2, 0) is 16.1 Å². The number of ether oxygens (including phenoxy) is 1. The van der Waals surface area contributed by atoms with E-state index in [2.05, 4.69) is 78.3 Å². The highest BCUT2D eigenvalue weighted by atomic mass is 16.5. The molecular formula is C36H34N2O4. The number of fused-ring (bicyclic) bond motifs is 1. The van der Waals surface area contributed by atoms with Crippen molar-refractivity contribution >= 4 is 23.0 Å². The fourth-order valence-corrected chi connectivity index (χ4v) is 5.21. The van der Waals surface area contributed by atoms with Crippen LogP contribution in [0.5, 0.6) is 5.75 Å². The van der Waals surface area contributed by atoms with Crippen LogP contribution in [0.2, 0.25) is 0 Å². The van der Waals surface area contributed by atoms with E-state index in [9.17, 15) is 4.79 Å². The van der Waals surface area contributed by atoms with Crippen molar-refractivity contribution in [2.45, 2.75) is 52.3 Å². The average Bonchev–Trinajstić information content (AvgIpc) is 3.80. The highest BCUT2D eigenvalue weighted by Crippen LogP contribution is 2.30. The highest BCUT2D eigenvalue weighted by molar-refractivity contribution is 5.99. The molecule has 6 rings (SSSR count).